The average Bonchev–Trinajstić information content (AvgIpc) is 2.35. The zero-order chi connectivity index (χ0) is 15.3. The van der Waals surface area contributed by atoms with Crippen molar-refractivity contribution in [3.05, 3.63) is 35.4 Å². The summed E-state index contributed by atoms with van der Waals surface area (Å²) in [7, 11) is -3.42. The van der Waals surface area contributed by atoms with E-state index in [1.165, 1.54) is 4.31 Å². The standard InChI is InChI=1S/C15H22N2O2S/c1-12(2)10-17(13(3)4)20(18,19)11-15-8-6-5-7-14(15)9-16/h5-8,12-13H,10-11H2,1-4H3. The molecule has 0 N–H and O–H groups in total. The van der Waals surface area contributed by atoms with Gasteiger partial charge in [0.2, 0.25) is 10.0 Å². The highest BCUT2D eigenvalue weighted by molar-refractivity contribution is 7.88. The number of sulfonamides is 1. The van der Waals surface area contributed by atoms with Crippen molar-refractivity contribution < 1.29 is 8.42 Å². The normalized spacial score (nSPS) is 12.1. The Morgan fingerprint density at radius 1 is 1.20 bits per heavy atom. The Morgan fingerprint density at radius 2 is 1.80 bits per heavy atom. The Hall–Kier alpha value is -1.38. The van der Waals surface area contributed by atoms with E-state index in [2.05, 4.69) is 0 Å². The van der Waals surface area contributed by atoms with Gasteiger partial charge in [0, 0.05) is 12.6 Å². The molecule has 0 unspecified atom stereocenters. The van der Waals surface area contributed by atoms with Crippen LogP contribution in [-0.2, 0) is 15.8 Å². The maximum absolute atomic E-state index is 12.6. The number of nitrogens with zero attached hydrogens (tertiary/aromatic N) is 2. The summed E-state index contributed by atoms with van der Waals surface area (Å²) in [4.78, 5) is 0. The molecule has 5 heteroatoms. The molecule has 0 saturated heterocycles. The van der Waals surface area contributed by atoms with Crippen molar-refractivity contribution in [1.82, 2.24) is 4.31 Å². The molecule has 4 nitrogen and oxygen atoms in total. The van der Waals surface area contributed by atoms with Crippen molar-refractivity contribution in [1.29, 1.82) is 5.26 Å². The fourth-order valence-corrected chi connectivity index (χ4v) is 4.02. The van der Waals surface area contributed by atoms with E-state index in [4.69, 9.17) is 5.26 Å². The Morgan fingerprint density at radius 3 is 2.30 bits per heavy atom. The summed E-state index contributed by atoms with van der Waals surface area (Å²) in [6.45, 7) is 8.23. The van der Waals surface area contributed by atoms with Crippen LogP contribution in [0.3, 0.4) is 0 Å². The van der Waals surface area contributed by atoms with Gasteiger partial charge < -0.3 is 0 Å². The highest BCUT2D eigenvalue weighted by atomic mass is 32.2. The summed E-state index contributed by atoms with van der Waals surface area (Å²) in [6.07, 6.45) is 0. The highest BCUT2D eigenvalue weighted by Gasteiger charge is 2.26. The average molecular weight is 294 g/mol. The van der Waals surface area contributed by atoms with Crippen molar-refractivity contribution >= 4 is 10.0 Å². The van der Waals surface area contributed by atoms with Crippen LogP contribution in [0, 0.1) is 17.2 Å². The van der Waals surface area contributed by atoms with Gasteiger partial charge in [-0.2, -0.15) is 9.57 Å². The fraction of sp³-hybridized carbons (Fsp3) is 0.533. The van der Waals surface area contributed by atoms with Gasteiger partial charge in [0.15, 0.2) is 0 Å². The Balaban J connectivity index is 3.07. The minimum atomic E-state index is -3.42. The minimum absolute atomic E-state index is 0.0864. The van der Waals surface area contributed by atoms with Crippen molar-refractivity contribution in [2.45, 2.75) is 39.5 Å². The molecule has 110 valence electrons. The molecule has 0 heterocycles. The highest BCUT2D eigenvalue weighted by Crippen LogP contribution is 2.18. The van der Waals surface area contributed by atoms with E-state index in [1.807, 2.05) is 33.8 Å². The second-order valence-electron chi connectivity index (χ2n) is 5.58. The topological polar surface area (TPSA) is 61.2 Å². The third-order valence-electron chi connectivity index (χ3n) is 2.95. The molecule has 0 radical (unpaired) electrons. The first kappa shape index (κ1) is 16.7. The first-order valence-corrected chi connectivity index (χ1v) is 8.36. The van der Waals surface area contributed by atoms with Gasteiger partial charge in [-0.1, -0.05) is 32.0 Å². The zero-order valence-electron chi connectivity index (χ0n) is 12.5. The Kier molecular flexibility index (Phi) is 5.73. The molecule has 0 bridgehead atoms. The number of hydrogen-bond donors (Lipinski definition) is 0. The molecule has 1 aromatic rings. The van der Waals surface area contributed by atoms with Crippen LogP contribution in [0.5, 0.6) is 0 Å². The van der Waals surface area contributed by atoms with E-state index < -0.39 is 10.0 Å². The molecule has 0 fully saturated rings. The predicted octanol–water partition coefficient (Wildman–Crippen LogP) is 2.75. The molecule has 0 atom stereocenters. The van der Waals surface area contributed by atoms with Crippen LogP contribution in [0.2, 0.25) is 0 Å². The SMILES string of the molecule is CC(C)CN(C(C)C)S(=O)(=O)Cc1ccccc1C#N. The largest absolute Gasteiger partial charge is 0.218 e. The van der Waals surface area contributed by atoms with E-state index in [1.54, 1.807) is 24.3 Å². The zero-order valence-corrected chi connectivity index (χ0v) is 13.3. The second-order valence-corrected chi connectivity index (χ2v) is 7.50. The van der Waals surface area contributed by atoms with Gasteiger partial charge in [-0.3, -0.25) is 0 Å². The molecule has 20 heavy (non-hydrogen) atoms. The maximum Gasteiger partial charge on any atom is 0.218 e. The van der Waals surface area contributed by atoms with E-state index in [0.717, 1.165) is 0 Å². The van der Waals surface area contributed by atoms with Crippen LogP contribution in [-0.4, -0.2) is 25.3 Å². The maximum atomic E-state index is 12.6. The molecule has 0 aliphatic carbocycles. The van der Waals surface area contributed by atoms with Crippen LogP contribution in [0.1, 0.15) is 38.8 Å². The molecule has 0 aliphatic rings. The first-order chi connectivity index (χ1) is 9.27. The van der Waals surface area contributed by atoms with Crippen LogP contribution < -0.4 is 0 Å². The van der Waals surface area contributed by atoms with Crippen molar-refractivity contribution in [3.8, 4) is 6.07 Å². The van der Waals surface area contributed by atoms with Gasteiger partial charge in [0.25, 0.3) is 0 Å². The van der Waals surface area contributed by atoms with Crippen molar-refractivity contribution in [2.75, 3.05) is 6.54 Å². The lowest BCUT2D eigenvalue weighted by atomic mass is 10.1. The van der Waals surface area contributed by atoms with Crippen LogP contribution in [0.4, 0.5) is 0 Å². The summed E-state index contributed by atoms with van der Waals surface area (Å²) in [5, 5.41) is 9.05. The van der Waals surface area contributed by atoms with E-state index >= 15 is 0 Å². The van der Waals surface area contributed by atoms with Gasteiger partial charge in [-0.05, 0) is 31.4 Å². The van der Waals surface area contributed by atoms with Crippen molar-refractivity contribution in [3.63, 3.8) is 0 Å². The summed E-state index contributed by atoms with van der Waals surface area (Å²) < 4.78 is 26.6. The quantitative estimate of drug-likeness (QED) is 0.810. The summed E-state index contributed by atoms with van der Waals surface area (Å²) in [5.74, 6) is 0.139. The molecule has 0 aromatic heterocycles. The molecule has 0 saturated carbocycles. The van der Waals surface area contributed by atoms with E-state index in [-0.39, 0.29) is 17.7 Å². The van der Waals surface area contributed by atoms with E-state index in [0.29, 0.717) is 17.7 Å². The molecule has 0 aliphatic heterocycles. The minimum Gasteiger partial charge on any atom is -0.212 e. The lowest BCUT2D eigenvalue weighted by molar-refractivity contribution is 0.318. The predicted molar refractivity (Wildman–Crippen MR) is 80.5 cm³/mol. The van der Waals surface area contributed by atoms with Crippen molar-refractivity contribution in [2.24, 2.45) is 5.92 Å². The van der Waals surface area contributed by atoms with E-state index in [9.17, 15) is 8.42 Å². The monoisotopic (exact) mass is 294 g/mol. The number of benzene rings is 1. The molecule has 0 amide bonds. The number of hydrogen-bond acceptors (Lipinski definition) is 3. The molecular formula is C15H22N2O2S. The molecule has 1 rings (SSSR count). The van der Waals surface area contributed by atoms with Crippen LogP contribution >= 0.6 is 0 Å². The summed E-state index contributed by atoms with van der Waals surface area (Å²) in [5.41, 5.74) is 0.980. The van der Waals surface area contributed by atoms with Crippen LogP contribution in [0.25, 0.3) is 0 Å². The smallest absolute Gasteiger partial charge is 0.212 e. The number of rotatable bonds is 6. The number of nitriles is 1. The Labute approximate surface area is 122 Å². The van der Waals surface area contributed by atoms with Gasteiger partial charge >= 0.3 is 0 Å². The lowest BCUT2D eigenvalue weighted by Gasteiger charge is -2.27. The second kappa shape index (κ2) is 6.87. The van der Waals surface area contributed by atoms with Gasteiger partial charge in [-0.25, -0.2) is 8.42 Å². The summed E-state index contributed by atoms with van der Waals surface area (Å²) in [6, 6.07) is 8.80. The third-order valence-corrected chi connectivity index (χ3v) is 4.92. The fourth-order valence-electron chi connectivity index (χ4n) is 2.04. The van der Waals surface area contributed by atoms with Gasteiger partial charge in [0.05, 0.1) is 17.4 Å². The molecule has 0 spiro atoms. The summed E-state index contributed by atoms with van der Waals surface area (Å²) >= 11 is 0. The third kappa shape index (κ3) is 4.32. The van der Waals surface area contributed by atoms with Gasteiger partial charge in [0.1, 0.15) is 0 Å². The first-order valence-electron chi connectivity index (χ1n) is 6.75. The Bertz CT molecular complexity index is 586. The molecular weight excluding hydrogens is 272 g/mol. The van der Waals surface area contributed by atoms with Gasteiger partial charge in [-0.15, -0.1) is 0 Å². The van der Waals surface area contributed by atoms with Crippen LogP contribution in [0.15, 0.2) is 24.3 Å². The molecule has 1 aromatic carbocycles. The lowest BCUT2D eigenvalue weighted by Crippen LogP contribution is -2.40.